The summed E-state index contributed by atoms with van der Waals surface area (Å²) in [6.07, 6.45) is 2.69. The third-order valence-corrected chi connectivity index (χ3v) is 3.46. The van der Waals surface area contributed by atoms with Gasteiger partial charge in [0.25, 0.3) is 5.56 Å². The maximum Gasteiger partial charge on any atom is 0.331 e. The minimum Gasteiger partial charge on any atom is -0.309 e. The minimum atomic E-state index is -0.791. The number of amides is 1. The molecule has 1 amide bonds. The molecule has 0 aliphatic rings. The quantitative estimate of drug-likeness (QED) is 0.842. The molecule has 0 aliphatic heterocycles. The zero-order valence-electron chi connectivity index (χ0n) is 12.1. The van der Waals surface area contributed by atoms with Crippen LogP contribution in [0, 0.1) is 11.3 Å². The highest BCUT2D eigenvalue weighted by atomic mass is 79.9. The van der Waals surface area contributed by atoms with Gasteiger partial charge in [-0.2, -0.15) is 5.26 Å². The van der Waals surface area contributed by atoms with Crippen LogP contribution in [0.4, 0.5) is 5.82 Å². The van der Waals surface area contributed by atoms with Crippen molar-refractivity contribution in [2.24, 2.45) is 0 Å². The van der Waals surface area contributed by atoms with Crippen LogP contribution in [0.2, 0.25) is 0 Å². The van der Waals surface area contributed by atoms with Gasteiger partial charge in [-0.25, -0.2) is 14.3 Å². The average molecular weight is 378 g/mol. The normalized spacial score (nSPS) is 10.1. The first-order chi connectivity index (χ1) is 11.0. The van der Waals surface area contributed by atoms with E-state index in [4.69, 9.17) is 5.26 Å². The van der Waals surface area contributed by atoms with E-state index in [9.17, 15) is 14.4 Å². The third kappa shape index (κ3) is 3.73. The van der Waals surface area contributed by atoms with Gasteiger partial charge in [-0.05, 0) is 35.0 Å². The van der Waals surface area contributed by atoms with Gasteiger partial charge in [0, 0.05) is 23.4 Å². The summed E-state index contributed by atoms with van der Waals surface area (Å²) < 4.78 is 2.68. The molecule has 118 valence electrons. The van der Waals surface area contributed by atoms with E-state index >= 15 is 0 Å². The van der Waals surface area contributed by atoms with Crippen LogP contribution >= 0.6 is 15.9 Å². The summed E-state index contributed by atoms with van der Waals surface area (Å²) in [5.41, 5.74) is -1.63. The van der Waals surface area contributed by atoms with Crippen molar-refractivity contribution >= 4 is 27.7 Å². The van der Waals surface area contributed by atoms with Crippen molar-refractivity contribution in [2.45, 2.75) is 20.0 Å². The Morgan fingerprint density at radius 1 is 1.43 bits per heavy atom. The maximum absolute atomic E-state index is 12.1. The number of carbonyl (C=O) groups is 1. The monoisotopic (exact) mass is 377 g/mol. The van der Waals surface area contributed by atoms with Crippen LogP contribution in [0.3, 0.4) is 0 Å². The van der Waals surface area contributed by atoms with Gasteiger partial charge in [-0.3, -0.25) is 14.2 Å². The van der Waals surface area contributed by atoms with Crippen LogP contribution in [0.25, 0.3) is 0 Å². The number of carbonyl (C=O) groups excluding carboxylic acids is 1. The maximum atomic E-state index is 12.1. The third-order valence-electron chi connectivity index (χ3n) is 2.99. The summed E-state index contributed by atoms with van der Waals surface area (Å²) in [5, 5.41) is 11.4. The van der Waals surface area contributed by atoms with E-state index in [1.54, 1.807) is 25.1 Å². The van der Waals surface area contributed by atoms with E-state index in [1.165, 1.54) is 17.0 Å². The van der Waals surface area contributed by atoms with Crippen LogP contribution in [-0.4, -0.2) is 20.0 Å². The molecule has 2 heterocycles. The van der Waals surface area contributed by atoms with Crippen LogP contribution in [0.15, 0.2) is 38.6 Å². The van der Waals surface area contributed by atoms with Crippen molar-refractivity contribution in [1.29, 1.82) is 5.26 Å². The number of aryl methyl sites for hydroxylation is 1. The molecule has 23 heavy (non-hydrogen) atoms. The summed E-state index contributed by atoms with van der Waals surface area (Å²) in [7, 11) is 0. The number of halogens is 1. The van der Waals surface area contributed by atoms with E-state index in [-0.39, 0.29) is 12.1 Å². The highest BCUT2D eigenvalue weighted by molar-refractivity contribution is 9.10. The number of anilines is 1. The summed E-state index contributed by atoms with van der Waals surface area (Å²) in [6, 6.07) is 4.98. The molecule has 0 saturated carbocycles. The van der Waals surface area contributed by atoms with Crippen molar-refractivity contribution in [3.63, 3.8) is 0 Å². The second kappa shape index (κ2) is 7.02. The first-order valence-corrected chi connectivity index (χ1v) is 7.41. The Kier molecular flexibility index (Phi) is 5.08. The zero-order chi connectivity index (χ0) is 17.0. The Hall–Kier alpha value is -2.73. The fourth-order valence-electron chi connectivity index (χ4n) is 1.87. The molecule has 8 nitrogen and oxygen atoms in total. The van der Waals surface area contributed by atoms with E-state index in [0.717, 1.165) is 9.04 Å². The Bertz CT molecular complexity index is 893. The highest BCUT2D eigenvalue weighted by Crippen LogP contribution is 2.10. The molecular formula is C14H12BrN5O3. The topological polar surface area (TPSA) is 110 Å². The Balaban J connectivity index is 2.31. The zero-order valence-corrected chi connectivity index (χ0v) is 13.7. The predicted octanol–water partition coefficient (Wildman–Crippen LogP) is 0.698. The molecule has 0 fully saturated rings. The number of hydrogen-bond acceptors (Lipinski definition) is 5. The largest absolute Gasteiger partial charge is 0.331 e. The van der Waals surface area contributed by atoms with Crippen molar-refractivity contribution in [1.82, 2.24) is 14.1 Å². The lowest BCUT2D eigenvalue weighted by atomic mass is 10.3. The molecule has 0 aliphatic carbocycles. The Morgan fingerprint density at radius 3 is 2.74 bits per heavy atom. The number of nitrogens with one attached hydrogen (secondary N) is 1. The molecule has 1 N–H and O–H groups in total. The van der Waals surface area contributed by atoms with Gasteiger partial charge in [0.2, 0.25) is 5.91 Å². The highest BCUT2D eigenvalue weighted by Gasteiger charge is 2.14. The number of aromatic nitrogens is 3. The van der Waals surface area contributed by atoms with E-state index in [2.05, 4.69) is 26.2 Å². The average Bonchev–Trinajstić information content (AvgIpc) is 2.54. The van der Waals surface area contributed by atoms with Crippen LogP contribution < -0.4 is 16.6 Å². The lowest BCUT2D eigenvalue weighted by molar-refractivity contribution is -0.116. The minimum absolute atomic E-state index is 0.194. The fourth-order valence-corrected chi connectivity index (χ4v) is 2.11. The summed E-state index contributed by atoms with van der Waals surface area (Å²) in [6.45, 7) is 1.48. The molecule has 0 atom stereocenters. The molecule has 0 radical (unpaired) electrons. The van der Waals surface area contributed by atoms with Crippen molar-refractivity contribution in [3.8, 4) is 6.07 Å². The van der Waals surface area contributed by atoms with E-state index in [1.807, 2.05) is 0 Å². The molecular weight excluding hydrogens is 366 g/mol. The summed E-state index contributed by atoms with van der Waals surface area (Å²) >= 11 is 3.22. The Labute approximate surface area is 139 Å². The molecule has 0 bridgehead atoms. The molecule has 0 unspecified atom stereocenters. The molecule has 0 spiro atoms. The number of nitriles is 1. The first kappa shape index (κ1) is 16.6. The number of rotatable bonds is 4. The van der Waals surface area contributed by atoms with E-state index in [0.29, 0.717) is 5.82 Å². The van der Waals surface area contributed by atoms with Crippen LogP contribution in [0.5, 0.6) is 0 Å². The first-order valence-electron chi connectivity index (χ1n) is 6.62. The molecule has 2 aromatic heterocycles. The lowest BCUT2D eigenvalue weighted by Crippen LogP contribution is -2.43. The number of hydrogen-bond donors (Lipinski definition) is 1. The molecule has 0 saturated heterocycles. The standard InChI is InChI=1S/C14H12BrN5O3/c1-2-19-7-9(5-16)13(22)20(14(19)23)8-12(21)18-11-4-3-10(15)6-17-11/h3-4,6-7H,2,8H2,1H3,(H,17,18,21). The summed E-state index contributed by atoms with van der Waals surface area (Å²) in [5.74, 6) is -0.296. The second-order valence-electron chi connectivity index (χ2n) is 4.52. The van der Waals surface area contributed by atoms with E-state index < -0.39 is 23.7 Å². The summed E-state index contributed by atoms with van der Waals surface area (Å²) in [4.78, 5) is 40.2. The predicted molar refractivity (Wildman–Crippen MR) is 85.9 cm³/mol. The molecule has 9 heteroatoms. The van der Waals surface area contributed by atoms with Crippen molar-refractivity contribution in [2.75, 3.05) is 5.32 Å². The van der Waals surface area contributed by atoms with Crippen LogP contribution in [0.1, 0.15) is 12.5 Å². The smallest absolute Gasteiger partial charge is 0.309 e. The van der Waals surface area contributed by atoms with Gasteiger partial charge < -0.3 is 5.32 Å². The number of pyridine rings is 1. The van der Waals surface area contributed by atoms with Crippen molar-refractivity contribution in [3.05, 3.63) is 55.4 Å². The molecule has 2 rings (SSSR count). The second-order valence-corrected chi connectivity index (χ2v) is 5.44. The van der Waals surface area contributed by atoms with Crippen LogP contribution in [-0.2, 0) is 17.9 Å². The van der Waals surface area contributed by atoms with Gasteiger partial charge in [0.15, 0.2) is 0 Å². The lowest BCUT2D eigenvalue weighted by Gasteiger charge is -2.09. The van der Waals surface area contributed by atoms with Gasteiger partial charge in [-0.1, -0.05) is 0 Å². The van der Waals surface area contributed by atoms with Gasteiger partial charge in [-0.15, -0.1) is 0 Å². The number of nitrogens with zero attached hydrogens (tertiary/aromatic N) is 4. The Morgan fingerprint density at radius 2 is 2.17 bits per heavy atom. The molecule has 0 aromatic carbocycles. The van der Waals surface area contributed by atoms with Crippen molar-refractivity contribution < 1.29 is 4.79 Å². The SMILES string of the molecule is CCn1cc(C#N)c(=O)n(CC(=O)Nc2ccc(Br)cn2)c1=O. The molecule has 2 aromatic rings. The van der Waals surface area contributed by atoms with Gasteiger partial charge >= 0.3 is 5.69 Å². The van der Waals surface area contributed by atoms with Gasteiger partial charge in [0.05, 0.1) is 0 Å². The fraction of sp³-hybridized carbons (Fsp3) is 0.214. The van der Waals surface area contributed by atoms with Gasteiger partial charge in [0.1, 0.15) is 24.0 Å².